The van der Waals surface area contributed by atoms with E-state index in [0.29, 0.717) is 36.4 Å². The zero-order chi connectivity index (χ0) is 31.9. The van der Waals surface area contributed by atoms with Gasteiger partial charge in [0.05, 0.1) is 23.8 Å². The van der Waals surface area contributed by atoms with E-state index in [1.165, 1.54) is 31.3 Å². The Morgan fingerprint density at radius 2 is 1.93 bits per heavy atom. The van der Waals surface area contributed by atoms with Crippen LogP contribution in [0.25, 0.3) is 0 Å². The van der Waals surface area contributed by atoms with Gasteiger partial charge >= 0.3 is 0 Å². The Morgan fingerprint density at radius 3 is 2.61 bits per heavy atom. The van der Waals surface area contributed by atoms with E-state index in [1.807, 2.05) is 6.20 Å². The predicted octanol–water partition coefficient (Wildman–Crippen LogP) is 8.84. The molecular weight excluding hydrogens is 546 g/mol. The number of rotatable bonds is 11. The van der Waals surface area contributed by atoms with Crippen molar-refractivity contribution in [3.8, 4) is 0 Å². The highest BCUT2D eigenvalue weighted by molar-refractivity contribution is 5.87. The van der Waals surface area contributed by atoms with Gasteiger partial charge in [-0.1, -0.05) is 72.3 Å². The lowest BCUT2D eigenvalue weighted by Crippen LogP contribution is -2.38. The minimum atomic E-state index is -0.646. The minimum absolute atomic E-state index is 0.0460. The maximum absolute atomic E-state index is 14.0. The van der Waals surface area contributed by atoms with E-state index in [9.17, 15) is 15.0 Å². The van der Waals surface area contributed by atoms with Crippen molar-refractivity contribution < 1.29 is 19.4 Å². The molecule has 0 saturated heterocycles. The van der Waals surface area contributed by atoms with Gasteiger partial charge in [0.15, 0.2) is 0 Å². The summed E-state index contributed by atoms with van der Waals surface area (Å²) in [5.74, 6) is 3.84. The van der Waals surface area contributed by atoms with E-state index < -0.39 is 17.6 Å². The van der Waals surface area contributed by atoms with Crippen LogP contribution in [0.2, 0.25) is 0 Å². The van der Waals surface area contributed by atoms with Crippen molar-refractivity contribution in [1.29, 1.82) is 0 Å². The average Bonchev–Trinajstić information content (AvgIpc) is 3.46. The molecule has 44 heavy (non-hydrogen) atoms. The largest absolute Gasteiger partial charge is 0.445 e. The maximum atomic E-state index is 14.0. The number of hydrogen-bond donors (Lipinski definition) is 2. The molecule has 2 N–H and O–H groups in total. The van der Waals surface area contributed by atoms with Crippen LogP contribution in [-0.2, 0) is 16.6 Å². The number of aliphatic hydroxyl groups is 2. The summed E-state index contributed by atoms with van der Waals surface area (Å²) < 4.78 is 6.34. The van der Waals surface area contributed by atoms with Gasteiger partial charge < -0.3 is 14.6 Å². The van der Waals surface area contributed by atoms with Gasteiger partial charge in [-0.25, -0.2) is 4.98 Å². The SMILES string of the molecule is C=C1C(=CC=C2CCC[C@]3(C)[C@@H]([C@H](C)CC[C@H](C(=O)C(C)(C)C)C4(c5ncc(CCCC)o5)CC4)CC[C@@H]23)C[C@@H](O)C[C@@H]1O. The number of allylic oxidation sites excluding steroid dienone is 3. The van der Waals surface area contributed by atoms with Gasteiger partial charge in [0, 0.05) is 24.2 Å². The molecule has 1 aromatic rings. The van der Waals surface area contributed by atoms with Crippen LogP contribution in [0.15, 0.2) is 46.1 Å². The lowest BCUT2D eigenvalue weighted by atomic mass is 9.60. The topological polar surface area (TPSA) is 83.6 Å². The number of oxazole rings is 1. The van der Waals surface area contributed by atoms with Crippen molar-refractivity contribution in [2.45, 2.75) is 149 Å². The van der Waals surface area contributed by atoms with E-state index >= 15 is 0 Å². The van der Waals surface area contributed by atoms with E-state index in [4.69, 9.17) is 9.40 Å². The van der Waals surface area contributed by atoms with Crippen molar-refractivity contribution in [3.05, 3.63) is 53.3 Å². The van der Waals surface area contributed by atoms with Gasteiger partial charge in [-0.05, 0) is 105 Å². The number of unbranched alkanes of at least 4 members (excludes halogenated alkanes) is 1. The molecule has 0 radical (unpaired) electrons. The van der Waals surface area contributed by atoms with E-state index in [2.05, 4.69) is 60.3 Å². The highest BCUT2D eigenvalue weighted by Crippen LogP contribution is 2.61. The third-order valence-electron chi connectivity index (χ3n) is 12.2. The fourth-order valence-corrected chi connectivity index (χ4v) is 9.34. The predicted molar refractivity (Wildman–Crippen MR) is 177 cm³/mol. The van der Waals surface area contributed by atoms with Crippen LogP contribution in [0.3, 0.4) is 0 Å². The maximum Gasteiger partial charge on any atom is 0.201 e. The highest BCUT2D eigenvalue weighted by atomic mass is 16.4. The van der Waals surface area contributed by atoms with Crippen molar-refractivity contribution in [2.75, 3.05) is 0 Å². The first-order valence-electron chi connectivity index (χ1n) is 17.7. The average molecular weight is 606 g/mol. The van der Waals surface area contributed by atoms with Crippen molar-refractivity contribution >= 4 is 5.78 Å². The summed E-state index contributed by atoms with van der Waals surface area (Å²) in [6, 6.07) is 0. The summed E-state index contributed by atoms with van der Waals surface area (Å²) in [4.78, 5) is 18.8. The van der Waals surface area contributed by atoms with Crippen molar-refractivity contribution in [3.63, 3.8) is 0 Å². The molecule has 0 aromatic carbocycles. The number of ketones is 1. The second-order valence-electron chi connectivity index (χ2n) is 16.3. The summed E-state index contributed by atoms with van der Waals surface area (Å²) in [6.07, 6.45) is 19.3. The van der Waals surface area contributed by atoms with Gasteiger partial charge in [0.25, 0.3) is 0 Å². The molecular formula is C39H59NO4. The normalized spacial score (nSPS) is 33.4. The Kier molecular flexibility index (Phi) is 9.88. The van der Waals surface area contributed by atoms with Crippen molar-refractivity contribution in [2.24, 2.45) is 34.5 Å². The summed E-state index contributed by atoms with van der Waals surface area (Å²) in [7, 11) is 0. The summed E-state index contributed by atoms with van der Waals surface area (Å²) >= 11 is 0. The molecule has 0 unspecified atom stereocenters. The first kappa shape index (κ1) is 33.4. The first-order valence-corrected chi connectivity index (χ1v) is 17.7. The molecule has 0 amide bonds. The molecule has 244 valence electrons. The molecule has 4 fully saturated rings. The molecule has 5 rings (SSSR count). The van der Waals surface area contributed by atoms with Gasteiger partial charge in [0.1, 0.15) is 11.5 Å². The van der Waals surface area contributed by atoms with E-state index in [0.717, 1.165) is 74.2 Å². The minimum Gasteiger partial charge on any atom is -0.445 e. The van der Waals surface area contributed by atoms with Gasteiger partial charge in [-0.3, -0.25) is 4.79 Å². The monoisotopic (exact) mass is 605 g/mol. The number of carbonyl (C=O) groups excluding carboxylic acids is 1. The molecule has 7 atom stereocenters. The second-order valence-corrected chi connectivity index (χ2v) is 16.3. The lowest BCUT2D eigenvalue weighted by Gasteiger charge is -2.44. The van der Waals surface area contributed by atoms with Gasteiger partial charge in [-0.15, -0.1) is 0 Å². The molecule has 1 heterocycles. The van der Waals surface area contributed by atoms with Gasteiger partial charge in [0.2, 0.25) is 5.89 Å². The van der Waals surface area contributed by atoms with E-state index in [1.54, 1.807) is 0 Å². The Hall–Kier alpha value is -1.98. The molecule has 5 heteroatoms. The molecule has 0 bridgehead atoms. The molecule has 4 aliphatic carbocycles. The number of nitrogens with zero attached hydrogens (tertiary/aromatic N) is 1. The Balaban J connectivity index is 1.30. The van der Waals surface area contributed by atoms with E-state index in [-0.39, 0.29) is 16.7 Å². The standard InChI is InChI=1S/C39H59NO4/c1-8-9-12-30-24-40-36(44-30)39(20-21-39)33(35(43)37(4,5)6)16-13-25(2)31-17-18-32-27(11-10-19-38(31,32)7)14-15-28-22-29(41)23-34(42)26(28)3/h14-15,24-25,29,31-34,41-42H,3,8-13,16-23H2,1-2,4-7H3/t25-,29-,31-,32+,33-,34+,38-/m1/s1. The smallest absolute Gasteiger partial charge is 0.201 e. The van der Waals surface area contributed by atoms with Crippen LogP contribution in [0.1, 0.15) is 137 Å². The molecule has 5 nitrogen and oxygen atoms in total. The summed E-state index contributed by atoms with van der Waals surface area (Å²) in [6.45, 7) is 17.5. The Morgan fingerprint density at radius 1 is 1.18 bits per heavy atom. The second kappa shape index (κ2) is 13.0. The molecule has 4 saturated carbocycles. The molecule has 0 aliphatic heterocycles. The number of aryl methyl sites for hydroxylation is 1. The van der Waals surface area contributed by atoms with Crippen LogP contribution < -0.4 is 0 Å². The number of hydrogen-bond acceptors (Lipinski definition) is 5. The van der Waals surface area contributed by atoms with Crippen molar-refractivity contribution in [1.82, 2.24) is 4.98 Å². The number of aromatic nitrogens is 1. The summed E-state index contributed by atoms with van der Waals surface area (Å²) in [5, 5.41) is 20.5. The zero-order valence-corrected chi connectivity index (χ0v) is 28.5. The Bertz CT molecular complexity index is 1260. The molecule has 4 aliphatic rings. The fourth-order valence-electron chi connectivity index (χ4n) is 9.34. The third kappa shape index (κ3) is 6.61. The Labute approximate surface area is 266 Å². The van der Waals surface area contributed by atoms with Crippen LogP contribution in [-0.4, -0.2) is 33.2 Å². The van der Waals surface area contributed by atoms with Crippen LogP contribution in [0, 0.1) is 34.5 Å². The first-order chi connectivity index (χ1) is 20.8. The summed E-state index contributed by atoms with van der Waals surface area (Å²) in [5.41, 5.74) is 2.93. The zero-order valence-electron chi connectivity index (χ0n) is 28.5. The fraction of sp³-hybridized carbons (Fsp3) is 0.744. The van der Waals surface area contributed by atoms with Crippen LogP contribution >= 0.6 is 0 Å². The highest BCUT2D eigenvalue weighted by Gasteiger charge is 2.58. The lowest BCUT2D eigenvalue weighted by molar-refractivity contribution is -0.132. The number of Topliss-reactive ketones (excluding diaryl/α,β-unsaturated/α-hetero) is 1. The third-order valence-corrected chi connectivity index (χ3v) is 12.2. The number of carbonyl (C=O) groups is 1. The van der Waals surface area contributed by atoms with Crippen LogP contribution in [0.4, 0.5) is 0 Å². The molecule has 1 aromatic heterocycles. The number of fused-ring (bicyclic) bond motifs is 1. The number of aliphatic hydroxyl groups excluding tert-OH is 2. The van der Waals surface area contributed by atoms with Crippen LogP contribution in [0.5, 0.6) is 0 Å². The van der Waals surface area contributed by atoms with Gasteiger partial charge in [-0.2, -0.15) is 0 Å². The quantitative estimate of drug-likeness (QED) is 0.263. The molecule has 0 spiro atoms.